The van der Waals surface area contributed by atoms with Gasteiger partial charge >= 0.3 is 0 Å². The molecule has 0 bridgehead atoms. The number of nitrogens with zero attached hydrogens (tertiary/aromatic N) is 3. The van der Waals surface area contributed by atoms with Crippen molar-refractivity contribution in [2.45, 2.75) is 18.7 Å². The highest BCUT2D eigenvalue weighted by molar-refractivity contribution is 7.89. The third kappa shape index (κ3) is 4.09. The highest BCUT2D eigenvalue weighted by atomic mass is 32.2. The van der Waals surface area contributed by atoms with Crippen LogP contribution in [0, 0.1) is 6.92 Å². The summed E-state index contributed by atoms with van der Waals surface area (Å²) < 4.78 is 33.1. The topological polar surface area (TPSA) is 95.8 Å². The van der Waals surface area contributed by atoms with Crippen molar-refractivity contribution < 1.29 is 17.6 Å². The molecule has 3 heterocycles. The Kier molecular flexibility index (Phi) is 5.59. The second kappa shape index (κ2) is 8.17. The molecule has 1 fully saturated rings. The molecule has 1 amide bonds. The van der Waals surface area contributed by atoms with E-state index in [-0.39, 0.29) is 10.7 Å². The zero-order valence-electron chi connectivity index (χ0n) is 17.0. The molecule has 9 heteroatoms. The Hall–Kier alpha value is -2.75. The Labute approximate surface area is 175 Å². The van der Waals surface area contributed by atoms with Crippen LogP contribution < -0.4 is 5.32 Å². The van der Waals surface area contributed by atoms with Gasteiger partial charge in [0.05, 0.1) is 4.90 Å². The van der Waals surface area contributed by atoms with Crippen LogP contribution in [0.2, 0.25) is 0 Å². The molecular weight excluding hydrogens is 404 g/mol. The van der Waals surface area contributed by atoms with Gasteiger partial charge in [-0.1, -0.05) is 13.0 Å². The third-order valence-electron chi connectivity index (χ3n) is 5.24. The number of likely N-dealkylation sites (N-methyl/N-ethyl adjacent to an activating group) is 1. The van der Waals surface area contributed by atoms with E-state index >= 15 is 0 Å². The van der Waals surface area contributed by atoms with E-state index in [2.05, 4.69) is 22.1 Å². The van der Waals surface area contributed by atoms with Gasteiger partial charge in [0, 0.05) is 43.6 Å². The second-order valence-corrected chi connectivity index (χ2v) is 9.20. The zero-order chi connectivity index (χ0) is 21.3. The molecule has 2 aromatic heterocycles. The van der Waals surface area contributed by atoms with Gasteiger partial charge in [-0.25, -0.2) is 13.4 Å². The van der Waals surface area contributed by atoms with E-state index in [9.17, 15) is 13.2 Å². The van der Waals surface area contributed by atoms with Gasteiger partial charge in [-0.15, -0.1) is 0 Å². The highest BCUT2D eigenvalue weighted by Crippen LogP contribution is 2.23. The smallest absolute Gasteiger partial charge is 0.291 e. The Morgan fingerprint density at radius 3 is 2.63 bits per heavy atom. The lowest BCUT2D eigenvalue weighted by Crippen LogP contribution is -2.48. The van der Waals surface area contributed by atoms with Crippen molar-refractivity contribution in [2.75, 3.05) is 38.0 Å². The van der Waals surface area contributed by atoms with Gasteiger partial charge in [0.15, 0.2) is 11.3 Å². The lowest BCUT2D eigenvalue weighted by Gasteiger charge is -2.33. The van der Waals surface area contributed by atoms with Gasteiger partial charge < -0.3 is 14.6 Å². The summed E-state index contributed by atoms with van der Waals surface area (Å²) >= 11 is 0. The summed E-state index contributed by atoms with van der Waals surface area (Å²) in [5, 5.41) is 2.71. The molecule has 0 radical (unpaired) electrons. The van der Waals surface area contributed by atoms with Crippen LogP contribution in [-0.4, -0.2) is 61.2 Å². The number of sulfonamides is 1. The monoisotopic (exact) mass is 428 g/mol. The number of aromatic nitrogens is 1. The van der Waals surface area contributed by atoms with E-state index in [4.69, 9.17) is 4.42 Å². The van der Waals surface area contributed by atoms with E-state index < -0.39 is 15.9 Å². The maximum absolute atomic E-state index is 13.0. The SMILES string of the molecule is CCN1CCN(S(=O)(=O)c2cccc(NC(=O)c3cc4nc(C)ccc4o3)c2)CC1. The summed E-state index contributed by atoms with van der Waals surface area (Å²) in [5.74, 6) is -0.344. The zero-order valence-corrected chi connectivity index (χ0v) is 17.8. The molecule has 1 aromatic carbocycles. The van der Waals surface area contributed by atoms with Gasteiger partial charge in [-0.05, 0) is 43.8 Å². The van der Waals surface area contributed by atoms with E-state index in [1.165, 1.54) is 10.4 Å². The molecule has 4 rings (SSSR count). The van der Waals surface area contributed by atoms with Crippen LogP contribution in [0.5, 0.6) is 0 Å². The molecule has 1 saturated heterocycles. The van der Waals surface area contributed by atoms with Gasteiger partial charge in [0.1, 0.15) is 5.52 Å². The number of amides is 1. The summed E-state index contributed by atoms with van der Waals surface area (Å²) in [7, 11) is -3.62. The minimum Gasteiger partial charge on any atom is -0.449 e. The normalized spacial score (nSPS) is 16.1. The molecule has 0 saturated carbocycles. The van der Waals surface area contributed by atoms with Crippen LogP contribution in [-0.2, 0) is 10.0 Å². The summed E-state index contributed by atoms with van der Waals surface area (Å²) in [6, 6.07) is 11.4. The van der Waals surface area contributed by atoms with Gasteiger partial charge in [0.25, 0.3) is 5.91 Å². The Morgan fingerprint density at radius 2 is 1.90 bits per heavy atom. The number of pyridine rings is 1. The lowest BCUT2D eigenvalue weighted by molar-refractivity contribution is 0.0998. The number of hydrogen-bond donors (Lipinski definition) is 1. The van der Waals surface area contributed by atoms with Gasteiger partial charge in [-0.3, -0.25) is 4.79 Å². The highest BCUT2D eigenvalue weighted by Gasteiger charge is 2.28. The molecule has 1 N–H and O–H groups in total. The van der Waals surface area contributed by atoms with E-state index in [1.54, 1.807) is 30.3 Å². The number of furan rings is 1. The van der Waals surface area contributed by atoms with Crippen LogP contribution in [0.15, 0.2) is 51.8 Å². The summed E-state index contributed by atoms with van der Waals surface area (Å²) in [6.07, 6.45) is 0. The number of anilines is 1. The average molecular weight is 429 g/mol. The molecule has 158 valence electrons. The van der Waals surface area contributed by atoms with E-state index in [0.29, 0.717) is 43.0 Å². The van der Waals surface area contributed by atoms with Crippen molar-refractivity contribution in [2.24, 2.45) is 0 Å². The molecule has 3 aromatic rings. The minimum absolute atomic E-state index is 0.118. The maximum atomic E-state index is 13.0. The number of rotatable bonds is 5. The van der Waals surface area contributed by atoms with Crippen LogP contribution in [0.1, 0.15) is 23.2 Å². The van der Waals surface area contributed by atoms with Crippen LogP contribution in [0.25, 0.3) is 11.1 Å². The fourth-order valence-corrected chi connectivity index (χ4v) is 4.97. The van der Waals surface area contributed by atoms with Crippen LogP contribution in [0.4, 0.5) is 5.69 Å². The molecule has 0 aliphatic carbocycles. The minimum atomic E-state index is -3.62. The third-order valence-corrected chi connectivity index (χ3v) is 7.14. The molecule has 0 unspecified atom stereocenters. The first-order valence-corrected chi connectivity index (χ1v) is 11.3. The Balaban J connectivity index is 1.52. The first-order chi connectivity index (χ1) is 14.4. The van der Waals surface area contributed by atoms with Crippen molar-refractivity contribution in [3.63, 3.8) is 0 Å². The molecule has 0 atom stereocenters. The predicted octanol–water partition coefficient (Wildman–Crippen LogP) is 2.71. The van der Waals surface area contributed by atoms with Crippen molar-refractivity contribution in [1.29, 1.82) is 0 Å². The summed E-state index contributed by atoms with van der Waals surface area (Å²) in [5.41, 5.74) is 2.34. The standard InChI is InChI=1S/C21H24N4O4S/c1-3-24-9-11-25(12-10-24)30(27,28)17-6-4-5-16(13-17)23-21(26)20-14-18-19(29-20)8-7-15(2)22-18/h4-8,13-14H,3,9-12H2,1-2H3,(H,23,26). The van der Waals surface area contributed by atoms with E-state index in [0.717, 1.165) is 12.2 Å². The Morgan fingerprint density at radius 1 is 1.13 bits per heavy atom. The molecular formula is C21H24N4O4S. The number of piperazine rings is 1. The maximum Gasteiger partial charge on any atom is 0.291 e. The van der Waals surface area contributed by atoms with Crippen LogP contribution in [0.3, 0.4) is 0 Å². The first-order valence-electron chi connectivity index (χ1n) is 9.88. The molecule has 1 aliphatic rings. The van der Waals surface area contributed by atoms with Crippen molar-refractivity contribution in [1.82, 2.24) is 14.2 Å². The molecule has 1 aliphatic heterocycles. The molecule has 0 spiro atoms. The van der Waals surface area contributed by atoms with E-state index in [1.807, 2.05) is 13.0 Å². The predicted molar refractivity (Wildman–Crippen MR) is 114 cm³/mol. The number of fused-ring (bicyclic) bond motifs is 1. The second-order valence-electron chi connectivity index (χ2n) is 7.27. The first kappa shape index (κ1) is 20.5. The van der Waals surface area contributed by atoms with Gasteiger partial charge in [-0.2, -0.15) is 4.31 Å². The molecule has 8 nitrogen and oxygen atoms in total. The summed E-state index contributed by atoms with van der Waals surface area (Å²) in [4.78, 5) is 19.3. The Bertz CT molecular complexity index is 1180. The number of hydrogen-bond acceptors (Lipinski definition) is 6. The number of nitrogens with one attached hydrogen (secondary N) is 1. The lowest BCUT2D eigenvalue weighted by atomic mass is 10.3. The fraction of sp³-hybridized carbons (Fsp3) is 0.333. The van der Waals surface area contributed by atoms with Crippen molar-refractivity contribution in [3.8, 4) is 0 Å². The largest absolute Gasteiger partial charge is 0.449 e. The number of benzene rings is 1. The van der Waals surface area contributed by atoms with Crippen LogP contribution >= 0.6 is 0 Å². The summed E-state index contributed by atoms with van der Waals surface area (Å²) in [6.45, 7) is 7.18. The van der Waals surface area contributed by atoms with Crippen molar-refractivity contribution in [3.05, 3.63) is 53.9 Å². The number of aryl methyl sites for hydroxylation is 1. The number of carbonyl (C=O) groups is 1. The average Bonchev–Trinajstić information content (AvgIpc) is 3.17. The molecule has 30 heavy (non-hydrogen) atoms. The van der Waals surface area contributed by atoms with Crippen molar-refractivity contribution >= 4 is 32.7 Å². The number of carbonyl (C=O) groups excluding carboxylic acids is 1. The van der Waals surface area contributed by atoms with Gasteiger partial charge in [0.2, 0.25) is 10.0 Å². The quantitative estimate of drug-likeness (QED) is 0.671. The fourth-order valence-electron chi connectivity index (χ4n) is 3.50.